The van der Waals surface area contributed by atoms with Crippen molar-refractivity contribution in [1.29, 1.82) is 0 Å². The lowest BCUT2D eigenvalue weighted by Gasteiger charge is -2.30. The first-order chi connectivity index (χ1) is 10.1. The molecule has 0 spiro atoms. The Labute approximate surface area is 122 Å². The van der Waals surface area contributed by atoms with E-state index in [1.54, 1.807) is 0 Å². The molecule has 2 aliphatic rings. The standard InChI is InChI=1S/C15H18FN3O2/c1-17-6-8-18(9-7-17)13-10-14(20)19(15(13)21)12-4-2-11(16)3-5-12/h2-5,13H,6-10H2,1H3/p+2. The van der Waals surface area contributed by atoms with Crippen LogP contribution in [-0.4, -0.2) is 51.1 Å². The first-order valence-electron chi connectivity index (χ1n) is 7.34. The molecule has 3 rings (SSSR count). The van der Waals surface area contributed by atoms with E-state index in [4.69, 9.17) is 0 Å². The lowest BCUT2D eigenvalue weighted by atomic mass is 10.2. The lowest BCUT2D eigenvalue weighted by Crippen LogP contribution is -3.29. The maximum Gasteiger partial charge on any atom is 0.292 e. The van der Waals surface area contributed by atoms with E-state index >= 15 is 0 Å². The second-order valence-corrected chi connectivity index (χ2v) is 5.92. The molecule has 1 aromatic carbocycles. The Morgan fingerprint density at radius 3 is 2.33 bits per heavy atom. The van der Waals surface area contributed by atoms with Crippen molar-refractivity contribution in [1.82, 2.24) is 0 Å². The minimum absolute atomic E-state index is 0.152. The quantitative estimate of drug-likeness (QED) is 0.612. The summed E-state index contributed by atoms with van der Waals surface area (Å²) in [6.45, 7) is 3.85. The zero-order valence-electron chi connectivity index (χ0n) is 12.1. The minimum Gasteiger partial charge on any atom is -0.328 e. The Balaban J connectivity index is 1.77. The number of carbonyl (C=O) groups excluding carboxylic acids is 2. The van der Waals surface area contributed by atoms with Crippen LogP contribution in [0.25, 0.3) is 0 Å². The third-order valence-corrected chi connectivity index (χ3v) is 4.47. The van der Waals surface area contributed by atoms with E-state index in [0.717, 1.165) is 26.2 Å². The molecule has 2 amide bonds. The molecule has 5 nitrogen and oxygen atoms in total. The number of hydrogen-bond donors (Lipinski definition) is 2. The highest BCUT2D eigenvalue weighted by Crippen LogP contribution is 2.22. The van der Waals surface area contributed by atoms with E-state index < -0.39 is 0 Å². The number of benzene rings is 1. The van der Waals surface area contributed by atoms with E-state index in [0.29, 0.717) is 5.69 Å². The Morgan fingerprint density at radius 1 is 1.10 bits per heavy atom. The number of halogens is 1. The van der Waals surface area contributed by atoms with Gasteiger partial charge in [0.1, 0.15) is 32.0 Å². The van der Waals surface area contributed by atoms with Gasteiger partial charge in [-0.1, -0.05) is 0 Å². The lowest BCUT2D eigenvalue weighted by molar-refractivity contribution is -1.01. The molecule has 0 radical (unpaired) electrons. The third kappa shape index (κ3) is 2.69. The van der Waals surface area contributed by atoms with Gasteiger partial charge in [0.05, 0.1) is 19.2 Å². The Kier molecular flexibility index (Phi) is 3.73. The van der Waals surface area contributed by atoms with Crippen molar-refractivity contribution in [3.63, 3.8) is 0 Å². The van der Waals surface area contributed by atoms with Crippen molar-refractivity contribution in [3.8, 4) is 0 Å². The van der Waals surface area contributed by atoms with Crippen molar-refractivity contribution in [3.05, 3.63) is 30.1 Å². The van der Waals surface area contributed by atoms with Gasteiger partial charge in [-0.2, -0.15) is 0 Å². The fraction of sp³-hybridized carbons (Fsp3) is 0.467. The maximum absolute atomic E-state index is 13.0. The molecule has 1 aromatic rings. The normalized spacial score (nSPS) is 30.0. The van der Waals surface area contributed by atoms with Crippen LogP contribution in [0.1, 0.15) is 6.42 Å². The number of piperazine rings is 1. The van der Waals surface area contributed by atoms with Crippen molar-refractivity contribution in [2.24, 2.45) is 0 Å². The number of carbonyl (C=O) groups is 2. The molecule has 112 valence electrons. The van der Waals surface area contributed by atoms with Gasteiger partial charge in [0.25, 0.3) is 5.91 Å². The van der Waals surface area contributed by atoms with Gasteiger partial charge in [-0.25, -0.2) is 9.29 Å². The summed E-state index contributed by atoms with van der Waals surface area (Å²) >= 11 is 0. The van der Waals surface area contributed by atoms with E-state index in [9.17, 15) is 14.0 Å². The van der Waals surface area contributed by atoms with Crippen molar-refractivity contribution < 1.29 is 23.8 Å². The van der Waals surface area contributed by atoms with Gasteiger partial charge >= 0.3 is 0 Å². The number of likely N-dealkylation sites (N-methyl/N-ethyl adjacent to an activating group) is 1. The second-order valence-electron chi connectivity index (χ2n) is 5.92. The number of imide groups is 1. The SMILES string of the molecule is C[NH+]1CC[NH+](C2CC(=O)N(c3ccc(F)cc3)C2=O)CC1. The predicted molar refractivity (Wildman–Crippen MR) is 74.6 cm³/mol. The summed E-state index contributed by atoms with van der Waals surface area (Å²) < 4.78 is 13.0. The number of quaternary nitrogens is 2. The highest BCUT2D eigenvalue weighted by molar-refractivity contribution is 6.21. The summed E-state index contributed by atoms with van der Waals surface area (Å²) in [5.74, 6) is -0.710. The summed E-state index contributed by atoms with van der Waals surface area (Å²) in [6, 6.07) is 5.23. The Morgan fingerprint density at radius 2 is 1.71 bits per heavy atom. The second kappa shape index (κ2) is 5.54. The van der Waals surface area contributed by atoms with Gasteiger partial charge in [-0.3, -0.25) is 9.59 Å². The van der Waals surface area contributed by atoms with Gasteiger partial charge in [-0.05, 0) is 24.3 Å². The fourth-order valence-electron chi connectivity index (χ4n) is 3.16. The number of nitrogens with one attached hydrogen (secondary N) is 2. The molecule has 2 N–H and O–H groups in total. The summed E-state index contributed by atoms with van der Waals surface area (Å²) in [7, 11) is 2.14. The van der Waals surface area contributed by atoms with Crippen molar-refractivity contribution in [2.45, 2.75) is 12.5 Å². The zero-order valence-corrected chi connectivity index (χ0v) is 12.1. The largest absolute Gasteiger partial charge is 0.328 e. The molecule has 2 aliphatic heterocycles. The first-order valence-corrected chi connectivity index (χ1v) is 7.34. The summed E-state index contributed by atoms with van der Waals surface area (Å²) in [4.78, 5) is 28.6. The van der Waals surface area contributed by atoms with Crippen LogP contribution in [0.3, 0.4) is 0 Å². The van der Waals surface area contributed by atoms with Crippen LogP contribution < -0.4 is 14.7 Å². The van der Waals surface area contributed by atoms with Crippen LogP contribution in [0.2, 0.25) is 0 Å². The highest BCUT2D eigenvalue weighted by Gasteiger charge is 2.46. The molecular weight excluding hydrogens is 273 g/mol. The van der Waals surface area contributed by atoms with Crippen molar-refractivity contribution >= 4 is 17.5 Å². The molecule has 0 aliphatic carbocycles. The number of anilines is 1. The number of rotatable bonds is 2. The number of amides is 2. The number of hydrogen-bond acceptors (Lipinski definition) is 2. The molecule has 1 atom stereocenters. The molecule has 6 heteroatoms. The molecule has 0 saturated carbocycles. The van der Waals surface area contributed by atoms with E-state index in [1.165, 1.54) is 39.0 Å². The van der Waals surface area contributed by atoms with Crippen molar-refractivity contribution in [2.75, 3.05) is 38.1 Å². The summed E-state index contributed by atoms with van der Waals surface area (Å²) in [6.07, 6.45) is 0.255. The van der Waals surface area contributed by atoms with Crippen LogP contribution in [0.4, 0.5) is 10.1 Å². The minimum atomic E-state index is -0.373. The monoisotopic (exact) mass is 293 g/mol. The van der Waals surface area contributed by atoms with E-state index in [2.05, 4.69) is 7.05 Å². The molecule has 1 unspecified atom stereocenters. The summed E-state index contributed by atoms with van der Waals surface area (Å²) in [5, 5.41) is 0. The van der Waals surface area contributed by atoms with Gasteiger partial charge in [-0.15, -0.1) is 0 Å². The first kappa shape index (κ1) is 14.2. The molecule has 0 aromatic heterocycles. The molecule has 0 bridgehead atoms. The smallest absolute Gasteiger partial charge is 0.292 e. The average molecular weight is 293 g/mol. The molecule has 2 saturated heterocycles. The average Bonchev–Trinajstić information content (AvgIpc) is 2.76. The maximum atomic E-state index is 13.0. The zero-order chi connectivity index (χ0) is 15.0. The molecule has 2 fully saturated rings. The Hall–Kier alpha value is -1.79. The van der Waals surface area contributed by atoms with Gasteiger partial charge < -0.3 is 9.80 Å². The van der Waals surface area contributed by atoms with Crippen LogP contribution in [-0.2, 0) is 9.59 Å². The van der Waals surface area contributed by atoms with Gasteiger partial charge in [0.2, 0.25) is 5.91 Å². The Bertz CT molecular complexity index is 553. The third-order valence-electron chi connectivity index (χ3n) is 4.47. The molecule has 21 heavy (non-hydrogen) atoms. The van der Waals surface area contributed by atoms with Gasteiger partial charge in [0.15, 0.2) is 6.04 Å². The van der Waals surface area contributed by atoms with Crippen LogP contribution >= 0.6 is 0 Å². The topological polar surface area (TPSA) is 46.3 Å². The van der Waals surface area contributed by atoms with Gasteiger partial charge in [0, 0.05) is 0 Å². The van der Waals surface area contributed by atoms with E-state index in [1.807, 2.05) is 0 Å². The van der Waals surface area contributed by atoms with Crippen LogP contribution in [0.5, 0.6) is 0 Å². The molecular formula is C15H20FN3O2+2. The summed E-state index contributed by atoms with van der Waals surface area (Å²) in [5.41, 5.74) is 0.466. The number of nitrogens with zero attached hydrogens (tertiary/aromatic N) is 1. The van der Waals surface area contributed by atoms with Crippen LogP contribution in [0.15, 0.2) is 24.3 Å². The van der Waals surface area contributed by atoms with E-state index in [-0.39, 0.29) is 30.1 Å². The fourth-order valence-corrected chi connectivity index (χ4v) is 3.16. The highest BCUT2D eigenvalue weighted by atomic mass is 19.1. The van der Waals surface area contributed by atoms with Crippen LogP contribution in [0, 0.1) is 5.82 Å². The predicted octanol–water partition coefficient (Wildman–Crippen LogP) is -2.13. The molecule has 2 heterocycles.